The molecule has 0 atom stereocenters. The number of pyridine rings is 1. The van der Waals surface area contributed by atoms with Crippen molar-refractivity contribution < 1.29 is 0 Å². The quantitative estimate of drug-likeness (QED) is 0.191. The summed E-state index contributed by atoms with van der Waals surface area (Å²) in [6.07, 6.45) is 1.92. The van der Waals surface area contributed by atoms with E-state index >= 15 is 0 Å². The van der Waals surface area contributed by atoms with E-state index in [-0.39, 0.29) is 5.41 Å². The first-order valence-corrected chi connectivity index (χ1v) is 16.8. The van der Waals surface area contributed by atoms with Gasteiger partial charge in [-0.05, 0) is 68.4 Å². The van der Waals surface area contributed by atoms with Crippen LogP contribution in [0, 0.1) is 0 Å². The van der Waals surface area contributed by atoms with Crippen LogP contribution in [-0.2, 0) is 5.41 Å². The van der Waals surface area contributed by atoms with Crippen LogP contribution < -0.4 is 0 Å². The lowest BCUT2D eigenvalue weighted by molar-refractivity contribution is 0.666. The Balaban J connectivity index is 1.18. The second kappa shape index (κ2) is 11.5. The zero-order chi connectivity index (χ0) is 33.0. The number of nitrogens with zero attached hydrogens (tertiary/aromatic N) is 3. The molecule has 49 heavy (non-hydrogen) atoms. The summed E-state index contributed by atoms with van der Waals surface area (Å²) in [5, 5.41) is 2.59. The SMILES string of the molecule is CC1(C)c2ccc(-c3cc(-c4ccc(-c5ccccc5)nc4)nc(-c4ccc(-c5ccccc5)cc4)n3)cc2-c2ccc3ccccc3c21. The van der Waals surface area contributed by atoms with Crippen molar-refractivity contribution >= 4 is 10.8 Å². The van der Waals surface area contributed by atoms with Gasteiger partial charge in [0.1, 0.15) is 0 Å². The highest BCUT2D eigenvalue weighted by Crippen LogP contribution is 2.52. The van der Waals surface area contributed by atoms with Crippen LogP contribution in [0.1, 0.15) is 25.0 Å². The van der Waals surface area contributed by atoms with Crippen LogP contribution >= 0.6 is 0 Å². The molecule has 9 rings (SSSR count). The van der Waals surface area contributed by atoms with Crippen molar-refractivity contribution in [3.63, 3.8) is 0 Å². The summed E-state index contributed by atoms with van der Waals surface area (Å²) < 4.78 is 0. The van der Waals surface area contributed by atoms with Crippen molar-refractivity contribution in [2.75, 3.05) is 0 Å². The first-order chi connectivity index (χ1) is 24.0. The molecule has 0 amide bonds. The number of aromatic nitrogens is 3. The average molecular weight is 628 g/mol. The van der Waals surface area contributed by atoms with Gasteiger partial charge in [-0.1, -0.05) is 147 Å². The molecular formula is C46H33N3. The maximum atomic E-state index is 5.20. The van der Waals surface area contributed by atoms with Gasteiger partial charge in [-0.3, -0.25) is 4.98 Å². The van der Waals surface area contributed by atoms with Gasteiger partial charge in [0.2, 0.25) is 0 Å². The van der Waals surface area contributed by atoms with Crippen molar-refractivity contribution in [1.82, 2.24) is 15.0 Å². The van der Waals surface area contributed by atoms with Gasteiger partial charge in [-0.2, -0.15) is 0 Å². The second-order valence-corrected chi connectivity index (χ2v) is 13.3. The zero-order valence-electron chi connectivity index (χ0n) is 27.4. The number of hydrogen-bond acceptors (Lipinski definition) is 3. The number of rotatable bonds is 5. The highest BCUT2D eigenvalue weighted by atomic mass is 14.9. The molecule has 232 valence electrons. The first kappa shape index (κ1) is 29.0. The molecule has 0 saturated carbocycles. The molecule has 8 aromatic rings. The van der Waals surface area contributed by atoms with E-state index in [1.54, 1.807) is 0 Å². The Morgan fingerprint density at radius 3 is 1.78 bits per heavy atom. The summed E-state index contributed by atoms with van der Waals surface area (Å²) in [4.78, 5) is 15.1. The molecule has 0 N–H and O–H groups in total. The predicted octanol–water partition coefficient (Wildman–Crippen LogP) is 11.7. The van der Waals surface area contributed by atoms with E-state index < -0.39 is 0 Å². The fourth-order valence-electron chi connectivity index (χ4n) is 7.41. The smallest absolute Gasteiger partial charge is 0.160 e. The maximum Gasteiger partial charge on any atom is 0.160 e. The molecule has 2 heterocycles. The summed E-state index contributed by atoms with van der Waals surface area (Å²) in [5.74, 6) is 0.687. The Bertz CT molecular complexity index is 2380. The average Bonchev–Trinajstić information content (AvgIpc) is 3.41. The van der Waals surface area contributed by atoms with Crippen LogP contribution in [0.5, 0.6) is 0 Å². The van der Waals surface area contributed by atoms with Crippen molar-refractivity contribution in [3.05, 3.63) is 175 Å². The fraction of sp³-hybridized carbons (Fsp3) is 0.0652. The zero-order valence-corrected chi connectivity index (χ0v) is 27.4. The summed E-state index contributed by atoms with van der Waals surface area (Å²) in [5.41, 5.74) is 14.3. The fourth-order valence-corrected chi connectivity index (χ4v) is 7.41. The lowest BCUT2D eigenvalue weighted by Crippen LogP contribution is -2.15. The van der Waals surface area contributed by atoms with Crippen molar-refractivity contribution in [2.45, 2.75) is 19.3 Å². The van der Waals surface area contributed by atoms with Gasteiger partial charge in [0, 0.05) is 33.9 Å². The lowest BCUT2D eigenvalue weighted by atomic mass is 9.80. The van der Waals surface area contributed by atoms with E-state index in [4.69, 9.17) is 15.0 Å². The molecule has 3 heteroatoms. The van der Waals surface area contributed by atoms with Crippen LogP contribution in [0.2, 0.25) is 0 Å². The van der Waals surface area contributed by atoms with Gasteiger partial charge in [0.25, 0.3) is 0 Å². The maximum absolute atomic E-state index is 5.20. The van der Waals surface area contributed by atoms with Gasteiger partial charge in [-0.25, -0.2) is 9.97 Å². The molecule has 0 fully saturated rings. The second-order valence-electron chi connectivity index (χ2n) is 13.3. The van der Waals surface area contributed by atoms with Crippen molar-refractivity contribution in [2.24, 2.45) is 0 Å². The third kappa shape index (κ3) is 5.03. The normalized spacial score (nSPS) is 12.9. The van der Waals surface area contributed by atoms with Crippen LogP contribution in [0.25, 0.3) is 78.2 Å². The largest absolute Gasteiger partial charge is 0.256 e. The summed E-state index contributed by atoms with van der Waals surface area (Å²) in [7, 11) is 0. The molecule has 1 aliphatic carbocycles. The minimum Gasteiger partial charge on any atom is -0.256 e. The molecule has 0 bridgehead atoms. The molecule has 0 saturated heterocycles. The van der Waals surface area contributed by atoms with Crippen molar-refractivity contribution in [1.29, 1.82) is 0 Å². The van der Waals surface area contributed by atoms with Gasteiger partial charge in [0.15, 0.2) is 5.82 Å². The van der Waals surface area contributed by atoms with E-state index in [1.165, 1.54) is 38.6 Å². The summed E-state index contributed by atoms with van der Waals surface area (Å²) in [6.45, 7) is 4.69. The van der Waals surface area contributed by atoms with Crippen LogP contribution in [0.4, 0.5) is 0 Å². The van der Waals surface area contributed by atoms with Crippen molar-refractivity contribution in [3.8, 4) is 67.4 Å². The van der Waals surface area contributed by atoms with E-state index in [1.807, 2.05) is 30.5 Å². The molecule has 0 radical (unpaired) electrons. The van der Waals surface area contributed by atoms with Crippen LogP contribution in [-0.4, -0.2) is 15.0 Å². The topological polar surface area (TPSA) is 38.7 Å². The highest BCUT2D eigenvalue weighted by Gasteiger charge is 2.37. The van der Waals surface area contributed by atoms with E-state index in [0.29, 0.717) is 5.82 Å². The van der Waals surface area contributed by atoms with E-state index in [9.17, 15) is 0 Å². The standard InChI is InChI=1S/C46H33N3/c1-46(2)40-25-22-35(27-39(40)38-24-21-32-13-9-10-16-37(32)44(38)46)42-28-43(36-23-26-41(47-29-36)33-14-7-4-8-15-33)49-45(48-42)34-19-17-31(18-20-34)30-11-5-3-6-12-30/h3-29H,1-2H3. The Labute approximate surface area is 286 Å². The molecule has 2 aromatic heterocycles. The van der Waals surface area contributed by atoms with Crippen LogP contribution in [0.3, 0.4) is 0 Å². The Morgan fingerprint density at radius 1 is 0.429 bits per heavy atom. The molecular weight excluding hydrogens is 595 g/mol. The Hall–Kier alpha value is -6.19. The summed E-state index contributed by atoms with van der Waals surface area (Å²) in [6, 6.07) is 55.6. The molecule has 3 nitrogen and oxygen atoms in total. The molecule has 6 aromatic carbocycles. The predicted molar refractivity (Wildman–Crippen MR) is 202 cm³/mol. The lowest BCUT2D eigenvalue weighted by Gasteiger charge is -2.23. The molecule has 1 aliphatic rings. The number of benzene rings is 6. The van der Waals surface area contributed by atoms with Gasteiger partial charge in [-0.15, -0.1) is 0 Å². The first-order valence-electron chi connectivity index (χ1n) is 16.8. The molecule has 0 aliphatic heterocycles. The van der Waals surface area contributed by atoms with Gasteiger partial charge >= 0.3 is 0 Å². The third-order valence-corrected chi connectivity index (χ3v) is 9.94. The van der Waals surface area contributed by atoms with E-state index in [2.05, 4.69) is 147 Å². The monoisotopic (exact) mass is 627 g/mol. The minimum absolute atomic E-state index is 0.112. The molecule has 0 unspecified atom stereocenters. The highest BCUT2D eigenvalue weighted by molar-refractivity contribution is 5.98. The van der Waals surface area contributed by atoms with Crippen LogP contribution in [0.15, 0.2) is 164 Å². The van der Waals surface area contributed by atoms with Gasteiger partial charge in [0.05, 0.1) is 17.1 Å². The molecule has 0 spiro atoms. The van der Waals surface area contributed by atoms with Gasteiger partial charge < -0.3 is 0 Å². The Kier molecular flexibility index (Phi) is 6.80. The Morgan fingerprint density at radius 2 is 1.04 bits per heavy atom. The van der Waals surface area contributed by atoms with E-state index in [0.717, 1.165) is 44.9 Å². The number of fused-ring (bicyclic) bond motifs is 5. The number of hydrogen-bond donors (Lipinski definition) is 0. The summed E-state index contributed by atoms with van der Waals surface area (Å²) >= 11 is 0. The minimum atomic E-state index is -0.112. The third-order valence-electron chi connectivity index (χ3n) is 9.94.